The van der Waals surface area contributed by atoms with Gasteiger partial charge in [-0.2, -0.15) is 13.2 Å². The summed E-state index contributed by atoms with van der Waals surface area (Å²) in [5.74, 6) is 1.39. The van der Waals surface area contributed by atoms with Gasteiger partial charge in [0.25, 0.3) is 0 Å². The van der Waals surface area contributed by atoms with Crippen LogP contribution in [-0.4, -0.2) is 78.0 Å². The van der Waals surface area contributed by atoms with Gasteiger partial charge in [0, 0.05) is 31.1 Å². The molecule has 2 saturated carbocycles. The largest absolute Gasteiger partial charge is 0.416 e. The Labute approximate surface area is 265 Å². The molecule has 3 heterocycles. The highest BCUT2D eigenvalue weighted by atomic mass is 35.5. The molecule has 15 heteroatoms. The minimum absolute atomic E-state index is 0. The summed E-state index contributed by atoms with van der Waals surface area (Å²) in [6.45, 7) is 1.43. The van der Waals surface area contributed by atoms with Crippen LogP contribution in [0.4, 0.5) is 19.0 Å². The Balaban J connectivity index is 0.00000169. The van der Waals surface area contributed by atoms with E-state index in [0.717, 1.165) is 61.2 Å². The van der Waals surface area contributed by atoms with Crippen molar-refractivity contribution in [3.05, 3.63) is 48.2 Å². The second kappa shape index (κ2) is 14.2. The van der Waals surface area contributed by atoms with E-state index >= 15 is 0 Å². The van der Waals surface area contributed by atoms with Crippen molar-refractivity contribution in [3.8, 4) is 0 Å². The van der Waals surface area contributed by atoms with Gasteiger partial charge in [-0.1, -0.05) is 0 Å². The summed E-state index contributed by atoms with van der Waals surface area (Å²) < 4.78 is 40.9. The quantitative estimate of drug-likeness (QED) is 0.168. The average molecular weight is 667 g/mol. The molecule has 1 aromatic carbocycles. The van der Waals surface area contributed by atoms with E-state index in [0.29, 0.717) is 42.3 Å². The Hall–Kier alpha value is -2.35. The number of alkyl halides is 3. The van der Waals surface area contributed by atoms with Crippen LogP contribution in [0.3, 0.4) is 0 Å². The normalized spacial score (nSPS) is 21.9. The first kappa shape index (κ1) is 35.1. The van der Waals surface area contributed by atoms with Gasteiger partial charge in [0.05, 0.1) is 34.1 Å². The van der Waals surface area contributed by atoms with Crippen molar-refractivity contribution < 1.29 is 23.4 Å². The summed E-state index contributed by atoms with van der Waals surface area (Å²) >= 11 is 0. The molecule has 0 aliphatic heterocycles. The Bertz CT molecular complexity index is 1500. The summed E-state index contributed by atoms with van der Waals surface area (Å²) in [5.41, 5.74) is 0.985. The molecular weight excluding hydrogens is 630 g/mol. The number of unbranched alkanes of at least 4 members (excludes halogenated alkanes) is 1. The molecule has 9 nitrogen and oxygen atoms in total. The second-order valence-corrected chi connectivity index (χ2v) is 11.3. The first-order chi connectivity index (χ1) is 19.2. The van der Waals surface area contributed by atoms with Crippen LogP contribution in [0.1, 0.15) is 49.5 Å². The third kappa shape index (κ3) is 7.66. The number of aliphatic hydroxyl groups excluding tert-OH is 2. The lowest BCUT2D eigenvalue weighted by atomic mass is 10.0. The van der Waals surface area contributed by atoms with Crippen molar-refractivity contribution in [1.82, 2.24) is 29.4 Å². The number of hydrogen-bond acceptors (Lipinski definition) is 7. The molecule has 43 heavy (non-hydrogen) atoms. The molecule has 4 atom stereocenters. The molecule has 0 bridgehead atoms. The van der Waals surface area contributed by atoms with Gasteiger partial charge in [0.15, 0.2) is 0 Å². The summed E-state index contributed by atoms with van der Waals surface area (Å²) in [6, 6.07) is 5.70. The van der Waals surface area contributed by atoms with Gasteiger partial charge in [0.2, 0.25) is 0 Å². The summed E-state index contributed by atoms with van der Waals surface area (Å²) in [4.78, 5) is 18.5. The second-order valence-electron chi connectivity index (χ2n) is 11.3. The molecule has 2 aliphatic rings. The maximum absolute atomic E-state index is 13.0. The average Bonchev–Trinajstić information content (AvgIpc) is 3.36. The van der Waals surface area contributed by atoms with Gasteiger partial charge < -0.3 is 30.0 Å². The minimum Gasteiger partial charge on any atom is -0.390 e. The van der Waals surface area contributed by atoms with Crippen LogP contribution in [0.5, 0.6) is 0 Å². The maximum atomic E-state index is 13.0. The number of hydrogen-bond donors (Lipinski definition) is 4. The van der Waals surface area contributed by atoms with Gasteiger partial charge in [-0.3, -0.25) is 0 Å². The van der Waals surface area contributed by atoms with Crippen LogP contribution in [0.15, 0.2) is 36.8 Å². The van der Waals surface area contributed by atoms with E-state index in [1.54, 1.807) is 0 Å². The third-order valence-electron chi connectivity index (χ3n) is 8.16. The number of H-pyrrole nitrogens is 1. The number of imidazole rings is 1. The molecule has 4 N–H and O–H groups in total. The number of nitrogens with one attached hydrogen (secondary N) is 2. The van der Waals surface area contributed by atoms with E-state index < -0.39 is 23.9 Å². The topological polar surface area (TPSA) is 115 Å². The molecule has 4 aromatic rings. The Morgan fingerprint density at radius 2 is 1.84 bits per heavy atom. The van der Waals surface area contributed by atoms with Gasteiger partial charge >= 0.3 is 6.18 Å². The van der Waals surface area contributed by atoms with Crippen molar-refractivity contribution in [2.75, 3.05) is 25.5 Å². The fourth-order valence-electron chi connectivity index (χ4n) is 5.85. The van der Waals surface area contributed by atoms with Gasteiger partial charge in [-0.05, 0) is 70.0 Å². The lowest BCUT2D eigenvalue weighted by molar-refractivity contribution is -0.137. The SMILES string of the molecule is CN(CCCCc1nc2ccc(C(F)(F)F)cc2[nH]1)C[C@H]1C[C@@H](n2ccc3c(NC4CC4)ncnc32)[C@H](O)[C@@H]1O.Cl.Cl.Cl. The van der Waals surface area contributed by atoms with Crippen molar-refractivity contribution in [2.45, 2.75) is 69.0 Å². The maximum Gasteiger partial charge on any atom is 0.416 e. The number of rotatable bonds is 10. The van der Waals surface area contributed by atoms with E-state index in [-0.39, 0.29) is 49.2 Å². The highest BCUT2D eigenvalue weighted by molar-refractivity contribution is 5.87. The molecule has 0 amide bonds. The smallest absolute Gasteiger partial charge is 0.390 e. The fraction of sp³-hybridized carbons (Fsp3) is 0.536. The van der Waals surface area contributed by atoms with Gasteiger partial charge in [-0.15, -0.1) is 37.2 Å². The third-order valence-corrected chi connectivity index (χ3v) is 8.16. The van der Waals surface area contributed by atoms with Crippen LogP contribution in [0, 0.1) is 5.92 Å². The molecule has 2 fully saturated rings. The fourth-order valence-corrected chi connectivity index (χ4v) is 5.85. The van der Waals surface area contributed by atoms with Crippen LogP contribution in [-0.2, 0) is 12.6 Å². The number of aliphatic hydroxyl groups is 2. The Morgan fingerprint density at radius 1 is 1.07 bits per heavy atom. The van der Waals surface area contributed by atoms with Crippen molar-refractivity contribution in [2.24, 2.45) is 5.92 Å². The van der Waals surface area contributed by atoms with Crippen LogP contribution in [0.25, 0.3) is 22.1 Å². The molecule has 0 unspecified atom stereocenters. The number of aromatic nitrogens is 5. The van der Waals surface area contributed by atoms with Crippen molar-refractivity contribution >= 4 is 65.1 Å². The van der Waals surface area contributed by atoms with Crippen LogP contribution < -0.4 is 5.32 Å². The number of benzene rings is 1. The molecule has 238 valence electrons. The van der Waals surface area contributed by atoms with E-state index in [9.17, 15) is 23.4 Å². The molecule has 0 saturated heterocycles. The summed E-state index contributed by atoms with van der Waals surface area (Å²) in [5, 5.41) is 26.2. The predicted octanol–water partition coefficient (Wildman–Crippen LogP) is 5.40. The zero-order valence-corrected chi connectivity index (χ0v) is 25.9. The molecule has 3 aromatic heterocycles. The van der Waals surface area contributed by atoms with Gasteiger partial charge in [-0.25, -0.2) is 15.0 Å². The summed E-state index contributed by atoms with van der Waals surface area (Å²) in [7, 11) is 2.00. The lowest BCUT2D eigenvalue weighted by Gasteiger charge is -2.23. The first-order valence-corrected chi connectivity index (χ1v) is 13.9. The minimum atomic E-state index is -4.38. The van der Waals surface area contributed by atoms with Crippen molar-refractivity contribution in [3.63, 3.8) is 0 Å². The van der Waals surface area contributed by atoms with E-state index in [2.05, 4.69) is 30.2 Å². The standard InChI is InChI=1S/C28H34F3N7O2.3ClH/c1-37(10-3-2-4-23-35-20-8-5-17(28(29,30)31)13-21(20)36-23)14-16-12-22(25(40)24(16)39)38-11-9-19-26(34-18-6-7-18)32-15-33-27(19)38;;;/h5,8-9,11,13,15-16,18,22,24-25,39-40H,2-4,6-7,10,12,14H2,1H3,(H,35,36)(H,32,33,34);3*1H/t16-,22-,24-,25+;;;/m1.../s1. The van der Waals surface area contributed by atoms with Crippen LogP contribution in [0.2, 0.25) is 0 Å². The highest BCUT2D eigenvalue weighted by Crippen LogP contribution is 2.38. The Morgan fingerprint density at radius 3 is 2.56 bits per heavy atom. The number of aromatic amines is 1. The van der Waals surface area contributed by atoms with Gasteiger partial charge in [0.1, 0.15) is 29.7 Å². The molecular formula is C28H37Cl3F3N7O2. The molecule has 0 radical (unpaired) electrons. The number of aryl methyl sites for hydroxylation is 1. The molecule has 0 spiro atoms. The van der Waals surface area contributed by atoms with E-state index in [1.807, 2.05) is 23.9 Å². The van der Waals surface area contributed by atoms with E-state index in [4.69, 9.17) is 0 Å². The lowest BCUT2D eigenvalue weighted by Crippen LogP contribution is -2.35. The zero-order valence-electron chi connectivity index (χ0n) is 23.5. The van der Waals surface area contributed by atoms with Crippen LogP contribution >= 0.6 is 37.2 Å². The highest BCUT2D eigenvalue weighted by Gasteiger charge is 2.43. The van der Waals surface area contributed by atoms with Crippen molar-refractivity contribution in [1.29, 1.82) is 0 Å². The number of halogens is 6. The number of anilines is 1. The first-order valence-electron chi connectivity index (χ1n) is 13.9. The molecule has 6 rings (SSSR count). The predicted molar refractivity (Wildman–Crippen MR) is 167 cm³/mol. The molecule has 2 aliphatic carbocycles. The van der Waals surface area contributed by atoms with E-state index in [1.165, 1.54) is 12.4 Å². The Kier molecular flexibility index (Phi) is 11.6. The monoisotopic (exact) mass is 665 g/mol. The number of fused-ring (bicyclic) bond motifs is 2. The number of nitrogens with zero attached hydrogens (tertiary/aromatic N) is 5. The zero-order chi connectivity index (χ0) is 28.0. The summed E-state index contributed by atoms with van der Waals surface area (Å²) in [6.07, 6.45) is 2.58.